The molecule has 0 bridgehead atoms. The first-order valence-corrected chi connectivity index (χ1v) is 9.78. The molecule has 1 unspecified atom stereocenters. The first-order valence-electron chi connectivity index (χ1n) is 8.90. The van der Waals surface area contributed by atoms with Gasteiger partial charge in [0.25, 0.3) is 0 Å². The van der Waals surface area contributed by atoms with Crippen LogP contribution in [0.25, 0.3) is 10.9 Å². The van der Waals surface area contributed by atoms with Crippen molar-refractivity contribution < 1.29 is 4.79 Å². The van der Waals surface area contributed by atoms with Crippen molar-refractivity contribution in [1.82, 2.24) is 10.3 Å². The first kappa shape index (κ1) is 15.8. The second-order valence-corrected chi connectivity index (χ2v) is 7.93. The van der Waals surface area contributed by atoms with Crippen molar-refractivity contribution in [3.8, 4) is 0 Å². The molecule has 5 heteroatoms. The maximum absolute atomic E-state index is 12.3. The summed E-state index contributed by atoms with van der Waals surface area (Å²) in [5, 5.41) is 4.96. The van der Waals surface area contributed by atoms with Gasteiger partial charge in [0.2, 0.25) is 5.91 Å². The number of hydrogen-bond donors (Lipinski definition) is 2. The van der Waals surface area contributed by atoms with E-state index in [9.17, 15) is 4.79 Å². The van der Waals surface area contributed by atoms with Crippen molar-refractivity contribution in [2.75, 3.05) is 0 Å². The van der Waals surface area contributed by atoms with Crippen molar-refractivity contribution in [3.63, 3.8) is 0 Å². The standard InChI is InChI=1S/C19H23N3OS/c23-18-17(11-13-12-20-16-10-6-5-9-15(13)16)24-19(22-18)21-14-7-3-1-2-4-8-14/h5-6,9-10,12,14,17,20H,1-4,7-8,11H2,(H,21,22,23). The Morgan fingerprint density at radius 1 is 1.12 bits per heavy atom. The van der Waals surface area contributed by atoms with E-state index in [1.165, 1.54) is 36.6 Å². The molecule has 1 saturated heterocycles. The number of H-pyrrole nitrogens is 1. The molecule has 0 radical (unpaired) electrons. The number of amides is 1. The average molecular weight is 341 g/mol. The van der Waals surface area contributed by atoms with Crippen LogP contribution in [0.3, 0.4) is 0 Å². The molecule has 1 aromatic heterocycles. The smallest absolute Gasteiger partial charge is 0.239 e. The van der Waals surface area contributed by atoms with E-state index in [4.69, 9.17) is 4.99 Å². The van der Waals surface area contributed by atoms with Crippen molar-refractivity contribution in [1.29, 1.82) is 0 Å². The molecule has 4 nitrogen and oxygen atoms in total. The lowest BCUT2D eigenvalue weighted by Crippen LogP contribution is -2.26. The summed E-state index contributed by atoms with van der Waals surface area (Å²) in [5.41, 5.74) is 2.33. The number of nitrogens with zero attached hydrogens (tertiary/aromatic N) is 1. The van der Waals surface area contributed by atoms with E-state index in [1.807, 2.05) is 18.3 Å². The Labute approximate surface area is 146 Å². The summed E-state index contributed by atoms with van der Waals surface area (Å²) in [7, 11) is 0. The first-order chi connectivity index (χ1) is 11.8. The van der Waals surface area contributed by atoms with E-state index in [0.29, 0.717) is 6.04 Å². The number of fused-ring (bicyclic) bond motifs is 1. The Bertz CT molecular complexity index is 759. The van der Waals surface area contributed by atoms with Gasteiger partial charge in [0.05, 0.1) is 11.3 Å². The molecule has 1 aliphatic heterocycles. The molecule has 2 fully saturated rings. The highest BCUT2D eigenvalue weighted by Gasteiger charge is 2.31. The number of amidine groups is 1. The Balaban J connectivity index is 1.46. The van der Waals surface area contributed by atoms with Crippen LogP contribution in [0.2, 0.25) is 0 Å². The number of thioether (sulfide) groups is 1. The fraction of sp³-hybridized carbons (Fsp3) is 0.474. The van der Waals surface area contributed by atoms with Crippen LogP contribution in [-0.2, 0) is 11.2 Å². The maximum atomic E-state index is 12.3. The Morgan fingerprint density at radius 2 is 1.92 bits per heavy atom. The summed E-state index contributed by atoms with van der Waals surface area (Å²) < 4.78 is 0. The van der Waals surface area contributed by atoms with Gasteiger partial charge in [-0.1, -0.05) is 55.6 Å². The minimum atomic E-state index is -0.0752. The lowest BCUT2D eigenvalue weighted by molar-refractivity contribution is -0.118. The fourth-order valence-corrected chi connectivity index (χ4v) is 4.72. The van der Waals surface area contributed by atoms with E-state index in [1.54, 1.807) is 11.8 Å². The molecule has 1 saturated carbocycles. The van der Waals surface area contributed by atoms with Crippen LogP contribution in [-0.4, -0.2) is 27.4 Å². The predicted octanol–water partition coefficient (Wildman–Crippen LogP) is 4.02. The van der Waals surface area contributed by atoms with Crippen LogP contribution in [0.5, 0.6) is 0 Å². The van der Waals surface area contributed by atoms with Gasteiger partial charge in [-0.2, -0.15) is 0 Å². The molecule has 126 valence electrons. The van der Waals surface area contributed by atoms with Crippen LogP contribution in [0.4, 0.5) is 0 Å². The molecule has 2 N–H and O–H groups in total. The summed E-state index contributed by atoms with van der Waals surface area (Å²) in [6.45, 7) is 0. The van der Waals surface area contributed by atoms with Gasteiger partial charge in [-0.3, -0.25) is 9.79 Å². The zero-order valence-electron chi connectivity index (χ0n) is 13.8. The molecular weight excluding hydrogens is 318 g/mol. The van der Waals surface area contributed by atoms with Crippen molar-refractivity contribution >= 4 is 33.7 Å². The average Bonchev–Trinajstić information content (AvgIpc) is 3.03. The van der Waals surface area contributed by atoms with Crippen LogP contribution < -0.4 is 5.32 Å². The van der Waals surface area contributed by atoms with Crippen molar-refractivity contribution in [2.45, 2.75) is 56.2 Å². The van der Waals surface area contributed by atoms with E-state index in [0.717, 1.165) is 29.9 Å². The van der Waals surface area contributed by atoms with Crippen LogP contribution >= 0.6 is 11.8 Å². The molecule has 1 amide bonds. The largest absolute Gasteiger partial charge is 0.361 e. The summed E-state index contributed by atoms with van der Waals surface area (Å²) in [6, 6.07) is 8.64. The topological polar surface area (TPSA) is 57.2 Å². The molecule has 0 spiro atoms. The number of benzene rings is 1. The van der Waals surface area contributed by atoms with Crippen molar-refractivity contribution in [2.24, 2.45) is 4.99 Å². The number of aromatic amines is 1. The minimum Gasteiger partial charge on any atom is -0.361 e. The van der Waals surface area contributed by atoms with Gasteiger partial charge in [-0.25, -0.2) is 0 Å². The molecule has 2 aliphatic rings. The normalized spacial score (nSPS) is 24.4. The number of hydrogen-bond acceptors (Lipinski definition) is 3. The third kappa shape index (κ3) is 3.36. The van der Waals surface area contributed by atoms with Gasteiger partial charge in [0.1, 0.15) is 0 Å². The number of rotatable bonds is 3. The van der Waals surface area contributed by atoms with Gasteiger partial charge in [0.15, 0.2) is 5.17 Å². The van der Waals surface area contributed by atoms with E-state index in [-0.39, 0.29) is 11.2 Å². The summed E-state index contributed by atoms with van der Waals surface area (Å²) in [5.74, 6) is 0.0950. The van der Waals surface area contributed by atoms with E-state index in [2.05, 4.69) is 22.4 Å². The van der Waals surface area contributed by atoms with Crippen LogP contribution in [0.15, 0.2) is 35.5 Å². The molecule has 1 aliphatic carbocycles. The molecule has 1 aromatic carbocycles. The number of aliphatic imine (C=N–C) groups is 1. The molecule has 1 atom stereocenters. The highest BCUT2D eigenvalue weighted by molar-refractivity contribution is 8.15. The quantitative estimate of drug-likeness (QED) is 0.829. The number of carbonyl (C=O) groups excluding carboxylic acids is 1. The van der Waals surface area contributed by atoms with E-state index >= 15 is 0 Å². The monoisotopic (exact) mass is 341 g/mol. The second-order valence-electron chi connectivity index (χ2n) is 6.74. The zero-order chi connectivity index (χ0) is 16.4. The molecular formula is C19H23N3OS. The fourth-order valence-electron chi connectivity index (χ4n) is 3.65. The minimum absolute atomic E-state index is 0.0752. The van der Waals surface area contributed by atoms with Gasteiger partial charge < -0.3 is 10.3 Å². The SMILES string of the molecule is O=C1NC(=NC2CCCCCC2)SC1Cc1c[nH]c2ccccc12. The van der Waals surface area contributed by atoms with Gasteiger partial charge in [0, 0.05) is 17.1 Å². The number of para-hydroxylation sites is 1. The lowest BCUT2D eigenvalue weighted by atomic mass is 10.1. The van der Waals surface area contributed by atoms with Gasteiger partial charge in [-0.05, 0) is 30.9 Å². The van der Waals surface area contributed by atoms with Crippen LogP contribution in [0, 0.1) is 0 Å². The summed E-state index contributed by atoms with van der Waals surface area (Å²) >= 11 is 1.60. The van der Waals surface area contributed by atoms with Crippen molar-refractivity contribution in [3.05, 3.63) is 36.0 Å². The maximum Gasteiger partial charge on any atom is 0.239 e. The number of aromatic nitrogens is 1. The predicted molar refractivity (Wildman–Crippen MR) is 100 cm³/mol. The molecule has 4 rings (SSSR count). The third-order valence-corrected chi connectivity index (χ3v) is 6.08. The molecule has 2 aromatic rings. The zero-order valence-corrected chi connectivity index (χ0v) is 14.6. The van der Waals surface area contributed by atoms with Crippen LogP contribution in [0.1, 0.15) is 44.1 Å². The third-order valence-electron chi connectivity index (χ3n) is 4.98. The van der Waals surface area contributed by atoms with E-state index < -0.39 is 0 Å². The Kier molecular flexibility index (Phi) is 4.60. The summed E-state index contributed by atoms with van der Waals surface area (Å²) in [4.78, 5) is 20.5. The number of nitrogens with one attached hydrogen (secondary N) is 2. The van der Waals surface area contributed by atoms with Gasteiger partial charge >= 0.3 is 0 Å². The summed E-state index contributed by atoms with van der Waals surface area (Å²) in [6.07, 6.45) is 10.3. The highest BCUT2D eigenvalue weighted by Crippen LogP contribution is 2.28. The highest BCUT2D eigenvalue weighted by atomic mass is 32.2. The van der Waals surface area contributed by atoms with Gasteiger partial charge in [-0.15, -0.1) is 0 Å². The lowest BCUT2D eigenvalue weighted by Gasteiger charge is -2.09. The second kappa shape index (κ2) is 7.01. The Morgan fingerprint density at radius 3 is 2.75 bits per heavy atom. The molecule has 2 heterocycles. The number of carbonyl (C=O) groups is 1. The Hall–Kier alpha value is -1.75. The molecule has 24 heavy (non-hydrogen) atoms.